The number of hydrogen-bond acceptors (Lipinski definition) is 0. The maximum Gasteiger partial charge on any atom is 0.0519 e. The van der Waals surface area contributed by atoms with Gasteiger partial charge in [0.25, 0.3) is 0 Å². The second-order valence-electron chi connectivity index (χ2n) is 8.90. The average molecular weight is 366 g/mol. The van der Waals surface area contributed by atoms with Crippen molar-refractivity contribution in [3.63, 3.8) is 0 Å². The van der Waals surface area contributed by atoms with Gasteiger partial charge in [-0.2, -0.15) is 0 Å². The van der Waals surface area contributed by atoms with Gasteiger partial charge in [0.05, 0.1) is 5.52 Å². The van der Waals surface area contributed by atoms with E-state index in [-0.39, 0.29) is 5.41 Å². The van der Waals surface area contributed by atoms with E-state index >= 15 is 0 Å². The number of aromatic nitrogens is 1. The van der Waals surface area contributed by atoms with Gasteiger partial charge in [-0.05, 0) is 46.6 Å². The molecule has 0 saturated heterocycles. The lowest BCUT2D eigenvalue weighted by molar-refractivity contribution is 0.444. The fourth-order valence-corrected chi connectivity index (χ4v) is 5.10. The molecule has 1 nitrogen and oxygen atoms in total. The van der Waals surface area contributed by atoms with E-state index in [0.29, 0.717) is 5.92 Å². The highest BCUT2D eigenvalue weighted by molar-refractivity contribution is 5.92. The molecule has 4 aromatic rings. The molecule has 1 aromatic heterocycles. The Bertz CT molecular complexity index is 1130. The van der Waals surface area contributed by atoms with Gasteiger partial charge in [-0.1, -0.05) is 86.6 Å². The average Bonchev–Trinajstić information content (AvgIpc) is 3.07. The van der Waals surface area contributed by atoms with Crippen LogP contribution in [-0.4, -0.2) is 4.57 Å². The molecule has 0 aliphatic heterocycles. The van der Waals surface area contributed by atoms with Crippen molar-refractivity contribution < 1.29 is 0 Å². The first-order valence-electron chi connectivity index (χ1n) is 10.3. The van der Waals surface area contributed by atoms with Crippen LogP contribution in [-0.2, 0) is 12.0 Å². The van der Waals surface area contributed by atoms with Crippen LogP contribution in [0.25, 0.3) is 10.9 Å². The summed E-state index contributed by atoms with van der Waals surface area (Å²) >= 11 is 0. The summed E-state index contributed by atoms with van der Waals surface area (Å²) in [6, 6.07) is 26.5. The van der Waals surface area contributed by atoms with Crippen LogP contribution in [0.2, 0.25) is 0 Å². The zero-order valence-electron chi connectivity index (χ0n) is 16.9. The lowest BCUT2D eigenvalue weighted by atomic mass is 9.67. The van der Waals surface area contributed by atoms with E-state index in [0.717, 1.165) is 13.0 Å². The lowest BCUT2D eigenvalue weighted by Gasteiger charge is -2.36. The topological polar surface area (TPSA) is 4.93 Å². The third-order valence-corrected chi connectivity index (χ3v) is 6.47. The standard InChI is InChI=1S/C27H27N/c1-19-14-15-24-25-23(18-28(26(19)25)17-20-10-6-4-7-11-20)22(16-27(24,2)3)21-12-8-5-9-13-21/h4-15,18,22H,16-17H2,1-3H3. The van der Waals surface area contributed by atoms with Crippen molar-refractivity contribution in [1.29, 1.82) is 0 Å². The van der Waals surface area contributed by atoms with Crippen molar-refractivity contribution in [1.82, 2.24) is 4.57 Å². The Morgan fingerprint density at radius 2 is 1.57 bits per heavy atom. The van der Waals surface area contributed by atoms with Crippen LogP contribution in [0.4, 0.5) is 0 Å². The van der Waals surface area contributed by atoms with Crippen LogP contribution in [0.15, 0.2) is 79.0 Å². The van der Waals surface area contributed by atoms with Crippen LogP contribution in [0.1, 0.15) is 54.0 Å². The minimum atomic E-state index is 0.165. The Kier molecular flexibility index (Phi) is 3.94. The molecule has 1 aliphatic carbocycles. The molecular weight excluding hydrogens is 338 g/mol. The van der Waals surface area contributed by atoms with E-state index in [1.54, 1.807) is 0 Å². The summed E-state index contributed by atoms with van der Waals surface area (Å²) in [6.45, 7) is 7.99. The van der Waals surface area contributed by atoms with Crippen molar-refractivity contribution >= 4 is 10.9 Å². The Hall–Kier alpha value is -2.80. The Morgan fingerprint density at radius 3 is 2.29 bits per heavy atom. The van der Waals surface area contributed by atoms with Gasteiger partial charge in [0, 0.05) is 24.0 Å². The second-order valence-corrected chi connectivity index (χ2v) is 8.90. The number of aryl methyl sites for hydroxylation is 1. The number of benzene rings is 3. The molecule has 1 heteroatoms. The fraction of sp³-hybridized carbons (Fsp3) is 0.259. The van der Waals surface area contributed by atoms with Crippen LogP contribution in [0, 0.1) is 6.92 Å². The molecular formula is C27H27N. The largest absolute Gasteiger partial charge is 0.343 e. The predicted molar refractivity (Wildman–Crippen MR) is 118 cm³/mol. The Labute approximate surface area is 167 Å². The molecule has 3 aromatic carbocycles. The quantitative estimate of drug-likeness (QED) is 0.376. The summed E-state index contributed by atoms with van der Waals surface area (Å²) in [5, 5.41) is 1.49. The van der Waals surface area contributed by atoms with Crippen molar-refractivity contribution in [2.24, 2.45) is 0 Å². The number of nitrogens with zero attached hydrogens (tertiary/aromatic N) is 1. The van der Waals surface area contributed by atoms with E-state index < -0.39 is 0 Å². The lowest BCUT2D eigenvalue weighted by Crippen LogP contribution is -2.25. The predicted octanol–water partition coefficient (Wildman–Crippen LogP) is 6.81. The first-order valence-corrected chi connectivity index (χ1v) is 10.3. The molecule has 1 heterocycles. The van der Waals surface area contributed by atoms with E-state index in [1.807, 2.05) is 0 Å². The molecule has 1 aliphatic rings. The van der Waals surface area contributed by atoms with Gasteiger partial charge < -0.3 is 4.57 Å². The molecule has 0 bridgehead atoms. The molecule has 0 radical (unpaired) electrons. The first-order chi connectivity index (χ1) is 13.5. The molecule has 5 rings (SSSR count). The van der Waals surface area contributed by atoms with Crippen LogP contribution >= 0.6 is 0 Å². The van der Waals surface area contributed by atoms with Crippen LogP contribution in [0.5, 0.6) is 0 Å². The SMILES string of the molecule is Cc1ccc2c3c(cn(Cc4ccccc4)c13)C(c1ccccc1)CC2(C)C. The van der Waals surface area contributed by atoms with E-state index in [9.17, 15) is 0 Å². The zero-order chi connectivity index (χ0) is 19.3. The molecule has 0 N–H and O–H groups in total. The Morgan fingerprint density at radius 1 is 0.893 bits per heavy atom. The molecule has 0 amide bonds. The van der Waals surface area contributed by atoms with E-state index in [1.165, 1.54) is 38.7 Å². The molecule has 28 heavy (non-hydrogen) atoms. The van der Waals surface area contributed by atoms with Gasteiger partial charge in [0.15, 0.2) is 0 Å². The zero-order valence-corrected chi connectivity index (χ0v) is 16.9. The van der Waals surface area contributed by atoms with Crippen molar-refractivity contribution in [3.05, 3.63) is 107 Å². The highest BCUT2D eigenvalue weighted by Gasteiger charge is 2.36. The molecule has 140 valence electrons. The van der Waals surface area contributed by atoms with Gasteiger partial charge in [-0.25, -0.2) is 0 Å². The summed E-state index contributed by atoms with van der Waals surface area (Å²) in [5.74, 6) is 0.449. The van der Waals surface area contributed by atoms with Gasteiger partial charge in [-0.15, -0.1) is 0 Å². The van der Waals surface area contributed by atoms with E-state index in [2.05, 4.69) is 104 Å². The van der Waals surface area contributed by atoms with Crippen molar-refractivity contribution in [2.75, 3.05) is 0 Å². The third-order valence-electron chi connectivity index (χ3n) is 6.47. The second kappa shape index (κ2) is 6.38. The summed E-state index contributed by atoms with van der Waals surface area (Å²) < 4.78 is 2.48. The summed E-state index contributed by atoms with van der Waals surface area (Å²) in [7, 11) is 0. The highest BCUT2D eigenvalue weighted by atomic mass is 15.0. The molecule has 0 fully saturated rings. The maximum atomic E-state index is 2.48. The number of rotatable bonds is 3. The normalized spacial score (nSPS) is 17.8. The number of hydrogen-bond donors (Lipinski definition) is 0. The minimum absolute atomic E-state index is 0.165. The summed E-state index contributed by atoms with van der Waals surface area (Å²) in [6.07, 6.45) is 3.58. The molecule has 1 unspecified atom stereocenters. The van der Waals surface area contributed by atoms with Crippen LogP contribution in [0.3, 0.4) is 0 Å². The van der Waals surface area contributed by atoms with Crippen LogP contribution < -0.4 is 0 Å². The molecule has 1 atom stereocenters. The molecule has 0 spiro atoms. The van der Waals surface area contributed by atoms with E-state index in [4.69, 9.17) is 0 Å². The third kappa shape index (κ3) is 2.69. The minimum Gasteiger partial charge on any atom is -0.343 e. The smallest absolute Gasteiger partial charge is 0.0519 e. The van der Waals surface area contributed by atoms with Gasteiger partial charge in [-0.3, -0.25) is 0 Å². The fourth-order valence-electron chi connectivity index (χ4n) is 5.10. The van der Waals surface area contributed by atoms with Gasteiger partial charge >= 0.3 is 0 Å². The Balaban J connectivity index is 1.76. The highest BCUT2D eigenvalue weighted by Crippen LogP contribution is 2.49. The molecule has 0 saturated carbocycles. The van der Waals surface area contributed by atoms with Crippen molar-refractivity contribution in [2.45, 2.75) is 45.1 Å². The maximum absolute atomic E-state index is 2.48. The van der Waals surface area contributed by atoms with Crippen molar-refractivity contribution in [3.8, 4) is 0 Å². The summed E-state index contributed by atoms with van der Waals surface area (Å²) in [4.78, 5) is 0. The first kappa shape index (κ1) is 17.3. The van der Waals surface area contributed by atoms with Gasteiger partial charge in [0.1, 0.15) is 0 Å². The van der Waals surface area contributed by atoms with Gasteiger partial charge in [0.2, 0.25) is 0 Å². The summed E-state index contributed by atoms with van der Waals surface area (Å²) in [5.41, 5.74) is 8.72. The monoisotopic (exact) mass is 365 g/mol.